The highest BCUT2D eigenvalue weighted by Crippen LogP contribution is 2.40. The van der Waals surface area contributed by atoms with Crippen molar-refractivity contribution in [1.29, 1.82) is 0 Å². The Morgan fingerprint density at radius 3 is 2.29 bits per heavy atom. The summed E-state index contributed by atoms with van der Waals surface area (Å²) in [6.45, 7) is 2.45. The fourth-order valence-electron chi connectivity index (χ4n) is 5.12. The summed E-state index contributed by atoms with van der Waals surface area (Å²) < 4.78 is 0. The van der Waals surface area contributed by atoms with Gasteiger partial charge in [0, 0.05) is 18.6 Å². The number of rotatable bonds is 4. The monoisotopic (exact) mass is 336 g/mol. The van der Waals surface area contributed by atoms with Crippen LogP contribution in [0.15, 0.2) is 0 Å². The van der Waals surface area contributed by atoms with Crippen molar-refractivity contribution >= 4 is 11.9 Å². The fourth-order valence-corrected chi connectivity index (χ4v) is 5.12. The van der Waals surface area contributed by atoms with Crippen molar-refractivity contribution in [3.8, 4) is 0 Å². The highest BCUT2D eigenvalue weighted by Gasteiger charge is 2.46. The zero-order valence-corrected chi connectivity index (χ0v) is 14.8. The Kier molecular flexibility index (Phi) is 5.33. The minimum absolute atomic E-state index is 0.0172. The molecule has 136 valence electrons. The maximum absolute atomic E-state index is 13.1. The lowest BCUT2D eigenvalue weighted by Gasteiger charge is -2.46. The molecule has 3 aliphatic carbocycles. The van der Waals surface area contributed by atoms with E-state index in [0.717, 1.165) is 51.4 Å². The Bertz CT molecular complexity index is 462. The molecule has 3 rings (SSSR count). The van der Waals surface area contributed by atoms with E-state index in [0.29, 0.717) is 18.4 Å². The van der Waals surface area contributed by atoms with Crippen molar-refractivity contribution in [1.82, 2.24) is 16.0 Å². The maximum atomic E-state index is 13.1. The van der Waals surface area contributed by atoms with Gasteiger partial charge in [-0.3, -0.25) is 4.79 Å². The van der Waals surface area contributed by atoms with E-state index in [-0.39, 0.29) is 24.0 Å². The SMILES string of the molecule is CCNC(=O)NC1(C(=O)NC2C3CCCC2CC(N)C3)CCCC1. The molecule has 6 nitrogen and oxygen atoms in total. The third-order valence-electron chi connectivity index (χ3n) is 6.26. The minimum atomic E-state index is -0.729. The highest BCUT2D eigenvalue weighted by molar-refractivity contribution is 5.91. The van der Waals surface area contributed by atoms with Gasteiger partial charge in [-0.2, -0.15) is 0 Å². The minimum Gasteiger partial charge on any atom is -0.351 e. The number of carbonyl (C=O) groups is 2. The van der Waals surface area contributed by atoms with Crippen molar-refractivity contribution in [3.05, 3.63) is 0 Å². The molecule has 5 N–H and O–H groups in total. The summed E-state index contributed by atoms with van der Waals surface area (Å²) in [5.41, 5.74) is 5.46. The average Bonchev–Trinajstić information content (AvgIpc) is 2.98. The van der Waals surface area contributed by atoms with Gasteiger partial charge in [0.15, 0.2) is 0 Å². The number of nitrogens with one attached hydrogen (secondary N) is 3. The first-order valence-corrected chi connectivity index (χ1v) is 9.66. The zero-order valence-electron chi connectivity index (χ0n) is 14.8. The summed E-state index contributed by atoms with van der Waals surface area (Å²) in [4.78, 5) is 25.1. The van der Waals surface area contributed by atoms with Gasteiger partial charge in [-0.25, -0.2) is 4.79 Å². The molecule has 0 radical (unpaired) electrons. The van der Waals surface area contributed by atoms with Crippen LogP contribution in [-0.4, -0.2) is 36.1 Å². The lowest BCUT2D eigenvalue weighted by atomic mass is 9.66. The van der Waals surface area contributed by atoms with E-state index < -0.39 is 5.54 Å². The second kappa shape index (κ2) is 7.30. The summed E-state index contributed by atoms with van der Waals surface area (Å²) in [5, 5.41) is 9.06. The number of amides is 3. The van der Waals surface area contributed by atoms with Crippen LogP contribution in [0, 0.1) is 11.8 Å². The Morgan fingerprint density at radius 1 is 1.08 bits per heavy atom. The van der Waals surface area contributed by atoms with Gasteiger partial charge in [-0.05, 0) is 57.3 Å². The molecule has 24 heavy (non-hydrogen) atoms. The lowest BCUT2D eigenvalue weighted by Crippen LogP contribution is -2.63. The van der Waals surface area contributed by atoms with Crippen molar-refractivity contribution in [2.75, 3.05) is 6.54 Å². The summed E-state index contributed by atoms with van der Waals surface area (Å²) in [6, 6.07) is 0.280. The largest absolute Gasteiger partial charge is 0.351 e. The maximum Gasteiger partial charge on any atom is 0.315 e. The van der Waals surface area contributed by atoms with Gasteiger partial charge >= 0.3 is 6.03 Å². The van der Waals surface area contributed by atoms with E-state index >= 15 is 0 Å². The molecule has 0 heterocycles. The Labute approximate surface area is 144 Å². The van der Waals surface area contributed by atoms with Crippen molar-refractivity contribution < 1.29 is 9.59 Å². The fraction of sp³-hybridized carbons (Fsp3) is 0.889. The number of urea groups is 1. The summed E-state index contributed by atoms with van der Waals surface area (Å²) in [7, 11) is 0. The van der Waals surface area contributed by atoms with Crippen LogP contribution < -0.4 is 21.7 Å². The summed E-state index contributed by atoms with van der Waals surface area (Å²) >= 11 is 0. The molecule has 0 aromatic heterocycles. The van der Waals surface area contributed by atoms with Crippen LogP contribution >= 0.6 is 0 Å². The second-order valence-electron chi connectivity index (χ2n) is 7.96. The molecule has 3 amide bonds. The van der Waals surface area contributed by atoms with Gasteiger partial charge in [-0.1, -0.05) is 19.3 Å². The first-order chi connectivity index (χ1) is 11.5. The van der Waals surface area contributed by atoms with E-state index in [2.05, 4.69) is 16.0 Å². The van der Waals surface area contributed by atoms with Crippen LogP contribution in [0.5, 0.6) is 0 Å². The first-order valence-electron chi connectivity index (χ1n) is 9.66. The van der Waals surface area contributed by atoms with Gasteiger partial charge < -0.3 is 21.7 Å². The predicted octanol–water partition coefficient (Wildman–Crippen LogP) is 1.64. The average molecular weight is 336 g/mol. The molecular weight excluding hydrogens is 304 g/mol. The van der Waals surface area contributed by atoms with E-state index in [1.807, 2.05) is 6.92 Å². The van der Waals surface area contributed by atoms with Crippen LogP contribution in [0.1, 0.15) is 64.7 Å². The van der Waals surface area contributed by atoms with Crippen molar-refractivity contribution in [3.63, 3.8) is 0 Å². The van der Waals surface area contributed by atoms with E-state index in [9.17, 15) is 9.59 Å². The van der Waals surface area contributed by atoms with E-state index in [4.69, 9.17) is 5.73 Å². The van der Waals surface area contributed by atoms with Gasteiger partial charge in [0.25, 0.3) is 0 Å². The normalized spacial score (nSPS) is 34.4. The molecule has 2 atom stereocenters. The number of hydrogen-bond donors (Lipinski definition) is 4. The Morgan fingerprint density at radius 2 is 1.71 bits per heavy atom. The van der Waals surface area contributed by atoms with E-state index in [1.54, 1.807) is 0 Å². The Balaban J connectivity index is 1.68. The molecule has 2 unspecified atom stereocenters. The van der Waals surface area contributed by atoms with Gasteiger partial charge in [-0.15, -0.1) is 0 Å². The van der Waals surface area contributed by atoms with Gasteiger partial charge in [0.2, 0.25) is 5.91 Å². The standard InChI is InChI=1S/C18H32N4O2/c1-2-20-17(24)22-18(8-3-4-9-18)16(23)21-15-12-6-5-7-13(15)11-14(19)10-12/h12-15H,2-11,19H2,1H3,(H,21,23)(H2,20,22,24). The van der Waals surface area contributed by atoms with Crippen LogP contribution in [0.2, 0.25) is 0 Å². The topological polar surface area (TPSA) is 96.2 Å². The van der Waals surface area contributed by atoms with Gasteiger partial charge in [0.1, 0.15) is 5.54 Å². The van der Waals surface area contributed by atoms with Crippen molar-refractivity contribution in [2.45, 2.75) is 82.3 Å². The Hall–Kier alpha value is -1.30. The van der Waals surface area contributed by atoms with Crippen LogP contribution in [-0.2, 0) is 4.79 Å². The third-order valence-corrected chi connectivity index (χ3v) is 6.26. The molecule has 2 bridgehead atoms. The quantitative estimate of drug-likeness (QED) is 0.628. The lowest BCUT2D eigenvalue weighted by molar-refractivity contribution is -0.129. The van der Waals surface area contributed by atoms with Gasteiger partial charge in [0.05, 0.1) is 0 Å². The number of nitrogens with two attached hydrogens (primary N) is 1. The second-order valence-corrected chi connectivity index (χ2v) is 7.96. The predicted molar refractivity (Wildman–Crippen MR) is 93.4 cm³/mol. The molecule has 3 saturated carbocycles. The molecule has 6 heteroatoms. The van der Waals surface area contributed by atoms with E-state index in [1.165, 1.54) is 6.42 Å². The van der Waals surface area contributed by atoms with Crippen LogP contribution in [0.3, 0.4) is 0 Å². The molecule has 0 aliphatic heterocycles. The summed E-state index contributed by atoms with van der Waals surface area (Å²) in [6.07, 6.45) is 9.03. The number of hydrogen-bond acceptors (Lipinski definition) is 3. The molecule has 3 aliphatic rings. The number of fused-ring (bicyclic) bond motifs is 2. The third kappa shape index (κ3) is 3.53. The zero-order chi connectivity index (χ0) is 17.2. The smallest absolute Gasteiger partial charge is 0.315 e. The van der Waals surface area contributed by atoms with Crippen molar-refractivity contribution in [2.24, 2.45) is 17.6 Å². The molecule has 0 aromatic carbocycles. The molecule has 0 aromatic rings. The number of carbonyl (C=O) groups excluding carboxylic acids is 2. The highest BCUT2D eigenvalue weighted by atomic mass is 16.2. The molecular formula is C18H32N4O2. The first kappa shape index (κ1) is 17.5. The molecule has 0 saturated heterocycles. The molecule has 3 fully saturated rings. The summed E-state index contributed by atoms with van der Waals surface area (Å²) in [5.74, 6) is 1.02. The molecule has 0 spiro atoms. The van der Waals surface area contributed by atoms with Crippen LogP contribution in [0.25, 0.3) is 0 Å². The van der Waals surface area contributed by atoms with Crippen LogP contribution in [0.4, 0.5) is 4.79 Å².